The van der Waals surface area contributed by atoms with E-state index in [0.717, 1.165) is 102 Å². The van der Waals surface area contributed by atoms with E-state index in [1.165, 1.54) is 205 Å². The Bertz CT molecular complexity index is 1820. The molecule has 5 atom stereocenters. The van der Waals surface area contributed by atoms with Crippen molar-refractivity contribution in [3.05, 3.63) is 0 Å². The van der Waals surface area contributed by atoms with Gasteiger partial charge in [0.2, 0.25) is 0 Å². The average molecular weight is 1380 g/mol. The van der Waals surface area contributed by atoms with Crippen molar-refractivity contribution in [2.75, 3.05) is 39.6 Å². The van der Waals surface area contributed by atoms with Crippen LogP contribution < -0.4 is 0 Å². The quantitative estimate of drug-likeness (QED) is 0.0222. The van der Waals surface area contributed by atoms with Crippen molar-refractivity contribution in [2.24, 2.45) is 11.8 Å². The third kappa shape index (κ3) is 68.6. The van der Waals surface area contributed by atoms with Crippen LogP contribution in [0.5, 0.6) is 0 Å². The first-order chi connectivity index (χ1) is 45.4. The fraction of sp³-hybridized carbons (Fsp3) is 0.947. The lowest BCUT2D eigenvalue weighted by molar-refractivity contribution is -0.161. The van der Waals surface area contributed by atoms with Crippen molar-refractivity contribution < 1.29 is 80.2 Å². The third-order valence-electron chi connectivity index (χ3n) is 17.5. The van der Waals surface area contributed by atoms with Crippen LogP contribution in [0.15, 0.2) is 0 Å². The van der Waals surface area contributed by atoms with E-state index in [-0.39, 0.29) is 25.7 Å². The van der Waals surface area contributed by atoms with E-state index in [0.29, 0.717) is 25.7 Å². The first-order valence-electron chi connectivity index (χ1n) is 39.0. The van der Waals surface area contributed by atoms with Crippen LogP contribution in [0.4, 0.5) is 0 Å². The summed E-state index contributed by atoms with van der Waals surface area (Å²) < 4.78 is 68.5. The van der Waals surface area contributed by atoms with Gasteiger partial charge in [-0.3, -0.25) is 37.3 Å². The average Bonchev–Trinajstić information content (AvgIpc) is 2.27. The topological polar surface area (TPSA) is 237 Å². The Labute approximate surface area is 575 Å². The highest BCUT2D eigenvalue weighted by molar-refractivity contribution is 7.47. The molecule has 0 aliphatic heterocycles. The van der Waals surface area contributed by atoms with Gasteiger partial charge in [0.05, 0.1) is 26.4 Å². The second-order valence-corrected chi connectivity index (χ2v) is 30.9. The number of hydrogen-bond donors (Lipinski definition) is 3. The Morgan fingerprint density at radius 2 is 0.489 bits per heavy atom. The Morgan fingerprint density at radius 1 is 0.287 bits per heavy atom. The normalized spacial score (nSPS) is 14.0. The first-order valence-corrected chi connectivity index (χ1v) is 42.0. The standard InChI is InChI=1S/C75H146O17P2/c1-7-9-11-13-15-17-19-22-27-35-41-47-53-59-74(79)91-70(63-85-72(77)57-51-45-39-33-25-18-16-14-12-10-8-2)65-89-93(81,82)87-61-69(76)62-88-94(83,84)90-66-71(64-86-73(78)58-52-46-40-34-30-29-32-38-44-50-56-68(5)6)92-75(80)60-54-48-42-36-28-24-21-20-23-26-31-37-43-49-55-67(3)4/h67-71,76H,7-66H2,1-6H3,(H,81,82)(H,83,84)/t69-,70+,71+/m0/s1. The Kier molecular flexibility index (Phi) is 65.5. The second-order valence-electron chi connectivity index (χ2n) is 28.0. The zero-order valence-electron chi connectivity index (χ0n) is 61.3. The van der Waals surface area contributed by atoms with Gasteiger partial charge in [0.15, 0.2) is 12.2 Å². The summed E-state index contributed by atoms with van der Waals surface area (Å²) in [6.07, 6.45) is 53.9. The van der Waals surface area contributed by atoms with Crippen LogP contribution in [-0.4, -0.2) is 96.7 Å². The number of hydrogen-bond acceptors (Lipinski definition) is 15. The molecule has 0 saturated heterocycles. The van der Waals surface area contributed by atoms with Crippen LogP contribution in [-0.2, 0) is 65.4 Å². The smallest absolute Gasteiger partial charge is 0.462 e. The maximum absolute atomic E-state index is 13.1. The Hall–Kier alpha value is -1.94. The number of carbonyl (C=O) groups excluding carboxylic acids is 4. The number of ether oxygens (including phenoxy) is 4. The molecule has 0 aromatic rings. The summed E-state index contributed by atoms with van der Waals surface area (Å²) in [5, 5.41) is 10.6. The second kappa shape index (κ2) is 66.9. The van der Waals surface area contributed by atoms with Crippen molar-refractivity contribution in [1.82, 2.24) is 0 Å². The molecule has 0 aromatic heterocycles. The molecule has 0 aliphatic rings. The molecule has 19 heteroatoms. The predicted molar refractivity (Wildman–Crippen MR) is 381 cm³/mol. The van der Waals surface area contributed by atoms with Gasteiger partial charge in [-0.2, -0.15) is 0 Å². The molecule has 17 nitrogen and oxygen atoms in total. The highest BCUT2D eigenvalue weighted by Gasteiger charge is 2.30. The Balaban J connectivity index is 5.25. The molecule has 2 unspecified atom stereocenters. The molecule has 94 heavy (non-hydrogen) atoms. The summed E-state index contributed by atoms with van der Waals surface area (Å²) in [5.41, 5.74) is 0. The van der Waals surface area contributed by atoms with Crippen LogP contribution in [0.1, 0.15) is 388 Å². The van der Waals surface area contributed by atoms with Crippen molar-refractivity contribution in [1.29, 1.82) is 0 Å². The fourth-order valence-corrected chi connectivity index (χ4v) is 13.1. The molecule has 3 N–H and O–H groups in total. The number of unbranched alkanes of at least 4 members (excludes halogenated alkanes) is 44. The molecule has 0 aromatic carbocycles. The highest BCUT2D eigenvalue weighted by Crippen LogP contribution is 2.45. The molecule has 0 amide bonds. The van der Waals surface area contributed by atoms with Gasteiger partial charge >= 0.3 is 39.5 Å². The first kappa shape index (κ1) is 92.1. The minimum Gasteiger partial charge on any atom is -0.462 e. The van der Waals surface area contributed by atoms with Crippen molar-refractivity contribution in [3.8, 4) is 0 Å². The molecular formula is C75H146O17P2. The molecule has 558 valence electrons. The number of aliphatic hydroxyl groups excluding tert-OH is 1. The van der Waals surface area contributed by atoms with E-state index in [9.17, 15) is 43.2 Å². The summed E-state index contributed by atoms with van der Waals surface area (Å²) >= 11 is 0. The van der Waals surface area contributed by atoms with Gasteiger partial charge in [0, 0.05) is 25.7 Å². The van der Waals surface area contributed by atoms with Crippen LogP contribution in [0.3, 0.4) is 0 Å². The molecule has 0 radical (unpaired) electrons. The molecule has 0 aliphatic carbocycles. The molecule has 0 spiro atoms. The zero-order chi connectivity index (χ0) is 69.3. The van der Waals surface area contributed by atoms with Gasteiger partial charge in [0.25, 0.3) is 0 Å². The van der Waals surface area contributed by atoms with E-state index in [4.69, 9.17) is 37.0 Å². The maximum Gasteiger partial charge on any atom is 0.472 e. The van der Waals surface area contributed by atoms with Gasteiger partial charge in [-0.1, -0.05) is 337 Å². The molecule has 0 rings (SSSR count). The van der Waals surface area contributed by atoms with Crippen LogP contribution >= 0.6 is 15.6 Å². The predicted octanol–water partition coefficient (Wildman–Crippen LogP) is 21.9. The number of aliphatic hydroxyl groups is 1. The van der Waals surface area contributed by atoms with E-state index in [1.54, 1.807) is 0 Å². The van der Waals surface area contributed by atoms with Crippen molar-refractivity contribution >= 4 is 39.5 Å². The summed E-state index contributed by atoms with van der Waals surface area (Å²) in [5.74, 6) is -0.561. The largest absolute Gasteiger partial charge is 0.472 e. The molecular weight excluding hydrogens is 1230 g/mol. The molecule has 0 heterocycles. The summed E-state index contributed by atoms with van der Waals surface area (Å²) in [6.45, 7) is 9.61. The molecule has 0 fully saturated rings. The summed E-state index contributed by atoms with van der Waals surface area (Å²) in [4.78, 5) is 72.8. The van der Waals surface area contributed by atoms with E-state index in [1.807, 2.05) is 0 Å². The number of rotatable bonds is 74. The SMILES string of the molecule is CCCCCCCCCCCCCCCC(=O)O[C@H](COC(=O)CCCCCCCCCCCCC)COP(=O)(O)OC[C@H](O)COP(=O)(O)OC[C@@H](COC(=O)CCCCCCCCCCCCC(C)C)OC(=O)CCCCCCCCCCCCCCCCC(C)C. The van der Waals surface area contributed by atoms with Crippen molar-refractivity contribution in [3.63, 3.8) is 0 Å². The van der Waals surface area contributed by atoms with Gasteiger partial charge in [0.1, 0.15) is 19.3 Å². The third-order valence-corrected chi connectivity index (χ3v) is 19.4. The van der Waals surface area contributed by atoms with Crippen molar-refractivity contribution in [2.45, 2.75) is 407 Å². The summed E-state index contributed by atoms with van der Waals surface area (Å²) in [6, 6.07) is 0. The lowest BCUT2D eigenvalue weighted by atomic mass is 10.0. The van der Waals surface area contributed by atoms with Gasteiger partial charge in [-0.15, -0.1) is 0 Å². The number of phosphoric ester groups is 2. The highest BCUT2D eigenvalue weighted by atomic mass is 31.2. The van der Waals surface area contributed by atoms with E-state index >= 15 is 0 Å². The van der Waals surface area contributed by atoms with Crippen LogP contribution in [0.2, 0.25) is 0 Å². The lowest BCUT2D eigenvalue weighted by Crippen LogP contribution is -2.30. The van der Waals surface area contributed by atoms with Crippen LogP contribution in [0.25, 0.3) is 0 Å². The molecule has 0 saturated carbocycles. The van der Waals surface area contributed by atoms with E-state index in [2.05, 4.69) is 41.5 Å². The minimum atomic E-state index is -4.96. The Morgan fingerprint density at radius 3 is 0.723 bits per heavy atom. The zero-order valence-corrected chi connectivity index (χ0v) is 63.1. The number of esters is 4. The van der Waals surface area contributed by atoms with Crippen LogP contribution in [0, 0.1) is 11.8 Å². The van der Waals surface area contributed by atoms with E-state index < -0.39 is 97.5 Å². The van der Waals surface area contributed by atoms with Gasteiger partial charge in [-0.25, -0.2) is 9.13 Å². The monoisotopic (exact) mass is 1380 g/mol. The minimum absolute atomic E-state index is 0.107. The maximum atomic E-state index is 13.1. The number of carbonyl (C=O) groups is 4. The lowest BCUT2D eigenvalue weighted by Gasteiger charge is -2.21. The van der Waals surface area contributed by atoms with Gasteiger partial charge < -0.3 is 33.8 Å². The number of phosphoric acid groups is 2. The molecule has 0 bridgehead atoms. The fourth-order valence-electron chi connectivity index (χ4n) is 11.5. The summed E-state index contributed by atoms with van der Waals surface area (Å²) in [7, 11) is -9.91. The van der Waals surface area contributed by atoms with Gasteiger partial charge in [-0.05, 0) is 37.5 Å².